The summed E-state index contributed by atoms with van der Waals surface area (Å²) >= 11 is 4.25. The number of thiol groups is 1. The summed E-state index contributed by atoms with van der Waals surface area (Å²) in [5.41, 5.74) is 0. The molecular formula is C9H18OS. The molecule has 2 heteroatoms. The van der Waals surface area contributed by atoms with E-state index < -0.39 is 0 Å². The van der Waals surface area contributed by atoms with Gasteiger partial charge in [0.15, 0.2) is 0 Å². The average molecular weight is 174 g/mol. The van der Waals surface area contributed by atoms with E-state index in [1.54, 1.807) is 6.08 Å². The Morgan fingerprint density at radius 3 is 2.82 bits per heavy atom. The molecule has 0 N–H and O–H groups in total. The van der Waals surface area contributed by atoms with Gasteiger partial charge in [0, 0.05) is 0 Å². The van der Waals surface area contributed by atoms with Gasteiger partial charge >= 0.3 is 0 Å². The van der Waals surface area contributed by atoms with Gasteiger partial charge in [0.2, 0.25) is 0 Å². The highest BCUT2D eigenvalue weighted by molar-refractivity contribution is 7.80. The van der Waals surface area contributed by atoms with Crippen LogP contribution in [0.3, 0.4) is 0 Å². The van der Waals surface area contributed by atoms with E-state index in [-0.39, 0.29) is 0 Å². The summed E-state index contributed by atoms with van der Waals surface area (Å²) in [5.74, 6) is 1.54. The van der Waals surface area contributed by atoms with Crippen molar-refractivity contribution in [1.29, 1.82) is 0 Å². The molecule has 1 unspecified atom stereocenters. The van der Waals surface area contributed by atoms with Crippen LogP contribution >= 0.6 is 12.6 Å². The summed E-state index contributed by atoms with van der Waals surface area (Å²) in [6, 6.07) is 0. The molecule has 0 amide bonds. The largest absolute Gasteiger partial charge is 0.377 e. The Labute approximate surface area is 75.2 Å². The van der Waals surface area contributed by atoms with E-state index in [9.17, 15) is 0 Å². The molecule has 66 valence electrons. The molecule has 0 aromatic heterocycles. The van der Waals surface area contributed by atoms with Crippen molar-refractivity contribution in [2.24, 2.45) is 5.92 Å². The van der Waals surface area contributed by atoms with Crippen LogP contribution in [-0.4, -0.2) is 19.0 Å². The zero-order chi connectivity index (χ0) is 8.53. The molecular weight excluding hydrogens is 156 g/mol. The Kier molecular flexibility index (Phi) is 8.19. The third kappa shape index (κ3) is 6.45. The van der Waals surface area contributed by atoms with Crippen molar-refractivity contribution in [3.8, 4) is 0 Å². The van der Waals surface area contributed by atoms with Gasteiger partial charge in [-0.3, -0.25) is 0 Å². The first kappa shape index (κ1) is 11.1. The van der Waals surface area contributed by atoms with Gasteiger partial charge in [-0.1, -0.05) is 19.4 Å². The molecule has 0 aromatic rings. The van der Waals surface area contributed by atoms with Gasteiger partial charge in [0.25, 0.3) is 0 Å². The van der Waals surface area contributed by atoms with Crippen LogP contribution in [0.25, 0.3) is 0 Å². The first-order valence-corrected chi connectivity index (χ1v) is 4.77. The number of hydrogen-bond acceptors (Lipinski definition) is 2. The minimum Gasteiger partial charge on any atom is -0.377 e. The van der Waals surface area contributed by atoms with Crippen LogP contribution in [0.15, 0.2) is 12.7 Å². The minimum absolute atomic E-state index is 0.614. The molecule has 1 nitrogen and oxygen atoms in total. The van der Waals surface area contributed by atoms with Crippen LogP contribution in [0.2, 0.25) is 0 Å². The summed E-state index contributed by atoms with van der Waals surface area (Å²) in [6.07, 6.45) is 4.20. The van der Waals surface area contributed by atoms with Gasteiger partial charge in [0.1, 0.15) is 0 Å². The quantitative estimate of drug-likeness (QED) is 0.354. The van der Waals surface area contributed by atoms with E-state index in [1.165, 1.54) is 12.8 Å². The van der Waals surface area contributed by atoms with Gasteiger partial charge in [-0.05, 0) is 18.1 Å². The second-order valence-corrected chi connectivity index (χ2v) is 3.03. The van der Waals surface area contributed by atoms with Crippen molar-refractivity contribution in [3.63, 3.8) is 0 Å². The minimum atomic E-state index is 0.614. The van der Waals surface area contributed by atoms with Crippen molar-refractivity contribution in [3.05, 3.63) is 12.7 Å². The standard InChI is InChI=1S/C9H18OS/c1-3-5-9(8-11)7-10-6-4-2/h4,9,11H,2-3,5-8H2,1H3. The van der Waals surface area contributed by atoms with Crippen LogP contribution in [0.1, 0.15) is 19.8 Å². The zero-order valence-corrected chi connectivity index (χ0v) is 8.15. The fourth-order valence-electron chi connectivity index (χ4n) is 0.954. The van der Waals surface area contributed by atoms with E-state index in [0.29, 0.717) is 12.5 Å². The molecule has 0 aliphatic heterocycles. The van der Waals surface area contributed by atoms with Crippen molar-refractivity contribution in [1.82, 2.24) is 0 Å². The highest BCUT2D eigenvalue weighted by Gasteiger charge is 2.03. The summed E-state index contributed by atoms with van der Waals surface area (Å²) in [7, 11) is 0. The number of rotatable bonds is 7. The van der Waals surface area contributed by atoms with E-state index in [1.807, 2.05) is 0 Å². The highest BCUT2D eigenvalue weighted by Crippen LogP contribution is 2.08. The average Bonchev–Trinajstić information content (AvgIpc) is 2.03. The molecule has 11 heavy (non-hydrogen) atoms. The molecule has 1 atom stereocenters. The van der Waals surface area contributed by atoms with Crippen molar-refractivity contribution in [2.75, 3.05) is 19.0 Å². The molecule has 0 bridgehead atoms. The smallest absolute Gasteiger partial charge is 0.0644 e. The van der Waals surface area contributed by atoms with E-state index in [0.717, 1.165) is 12.4 Å². The van der Waals surface area contributed by atoms with E-state index >= 15 is 0 Å². The maximum Gasteiger partial charge on any atom is 0.0644 e. The van der Waals surface area contributed by atoms with Crippen LogP contribution < -0.4 is 0 Å². The Balaban J connectivity index is 3.27. The monoisotopic (exact) mass is 174 g/mol. The molecule has 0 rings (SSSR count). The van der Waals surface area contributed by atoms with Crippen LogP contribution in [0, 0.1) is 5.92 Å². The SMILES string of the molecule is C=CCOCC(CS)CCC. The van der Waals surface area contributed by atoms with Crippen molar-refractivity contribution in [2.45, 2.75) is 19.8 Å². The van der Waals surface area contributed by atoms with Gasteiger partial charge in [0.05, 0.1) is 13.2 Å². The Morgan fingerprint density at radius 2 is 2.36 bits per heavy atom. The molecule has 0 aliphatic rings. The lowest BCUT2D eigenvalue weighted by atomic mass is 10.1. The van der Waals surface area contributed by atoms with Crippen molar-refractivity contribution >= 4 is 12.6 Å². The molecule has 0 aromatic carbocycles. The van der Waals surface area contributed by atoms with Crippen LogP contribution in [0.4, 0.5) is 0 Å². The molecule has 0 aliphatic carbocycles. The molecule has 0 heterocycles. The fraction of sp³-hybridized carbons (Fsp3) is 0.778. The summed E-state index contributed by atoms with van der Waals surface area (Å²) < 4.78 is 5.32. The first-order chi connectivity index (χ1) is 5.35. The fourth-order valence-corrected chi connectivity index (χ4v) is 1.24. The maximum absolute atomic E-state index is 5.32. The predicted molar refractivity (Wildman–Crippen MR) is 53.3 cm³/mol. The Morgan fingerprint density at radius 1 is 1.64 bits per heavy atom. The Bertz CT molecular complexity index is 93.6. The third-order valence-electron chi connectivity index (χ3n) is 1.54. The Hall–Kier alpha value is 0.0500. The second-order valence-electron chi connectivity index (χ2n) is 2.66. The van der Waals surface area contributed by atoms with Crippen molar-refractivity contribution < 1.29 is 4.74 Å². The molecule has 0 fully saturated rings. The number of hydrogen-bond donors (Lipinski definition) is 1. The normalized spacial score (nSPS) is 12.9. The van der Waals surface area contributed by atoms with E-state index in [2.05, 4.69) is 26.1 Å². The highest BCUT2D eigenvalue weighted by atomic mass is 32.1. The summed E-state index contributed by atoms with van der Waals surface area (Å²) in [6.45, 7) is 7.25. The lowest BCUT2D eigenvalue weighted by molar-refractivity contribution is 0.127. The van der Waals surface area contributed by atoms with Crippen LogP contribution in [0.5, 0.6) is 0 Å². The molecule has 0 saturated heterocycles. The topological polar surface area (TPSA) is 9.23 Å². The molecule has 0 radical (unpaired) electrons. The second kappa shape index (κ2) is 8.15. The molecule has 0 spiro atoms. The lowest BCUT2D eigenvalue weighted by Gasteiger charge is -2.12. The first-order valence-electron chi connectivity index (χ1n) is 4.14. The van der Waals surface area contributed by atoms with Gasteiger partial charge in [-0.15, -0.1) is 6.58 Å². The summed E-state index contributed by atoms with van der Waals surface area (Å²) in [4.78, 5) is 0. The predicted octanol–water partition coefficient (Wildman–Crippen LogP) is 2.54. The van der Waals surface area contributed by atoms with Crippen LogP contribution in [-0.2, 0) is 4.74 Å². The lowest BCUT2D eigenvalue weighted by Crippen LogP contribution is -2.11. The van der Waals surface area contributed by atoms with Gasteiger partial charge in [-0.25, -0.2) is 0 Å². The van der Waals surface area contributed by atoms with Gasteiger partial charge in [-0.2, -0.15) is 12.6 Å². The number of ether oxygens (including phenoxy) is 1. The zero-order valence-electron chi connectivity index (χ0n) is 7.25. The van der Waals surface area contributed by atoms with E-state index in [4.69, 9.17) is 4.74 Å². The summed E-state index contributed by atoms with van der Waals surface area (Å²) in [5, 5.41) is 0. The molecule has 0 saturated carbocycles. The third-order valence-corrected chi connectivity index (χ3v) is 2.06. The van der Waals surface area contributed by atoms with Gasteiger partial charge < -0.3 is 4.74 Å². The maximum atomic E-state index is 5.32.